The van der Waals surface area contributed by atoms with Gasteiger partial charge in [0.25, 0.3) is 0 Å². The summed E-state index contributed by atoms with van der Waals surface area (Å²) in [6.07, 6.45) is 1.07. The molecule has 0 radical (unpaired) electrons. The van der Waals surface area contributed by atoms with E-state index in [1.54, 1.807) is 0 Å². The molecule has 0 fully saturated rings. The van der Waals surface area contributed by atoms with E-state index in [0.717, 1.165) is 12.2 Å². The fourth-order valence-electron chi connectivity index (χ4n) is 1.57. The van der Waals surface area contributed by atoms with Crippen molar-refractivity contribution in [2.24, 2.45) is 5.92 Å². The molecule has 1 unspecified atom stereocenters. The zero-order chi connectivity index (χ0) is 11.3. The lowest BCUT2D eigenvalue weighted by Gasteiger charge is -2.10. The highest BCUT2D eigenvalue weighted by molar-refractivity contribution is 8.03. The summed E-state index contributed by atoms with van der Waals surface area (Å²) >= 11 is 1.35. The van der Waals surface area contributed by atoms with Gasteiger partial charge >= 0.3 is 0 Å². The molecule has 1 rings (SSSR count). The normalized spacial score (nSPS) is 12.1. The molecule has 0 N–H and O–H groups in total. The van der Waals surface area contributed by atoms with Gasteiger partial charge in [0.2, 0.25) is 0 Å². The van der Waals surface area contributed by atoms with E-state index < -0.39 is 0 Å². The highest BCUT2D eigenvalue weighted by Crippen LogP contribution is 2.16. The molecule has 0 spiro atoms. The second-order valence-corrected chi connectivity index (χ2v) is 4.93. The Morgan fingerprint density at radius 2 is 2.07 bits per heavy atom. The van der Waals surface area contributed by atoms with Gasteiger partial charge in [0, 0.05) is 5.75 Å². The first kappa shape index (κ1) is 12.1. The minimum atomic E-state index is 0.566. The zero-order valence-corrected chi connectivity index (χ0v) is 10.4. The molecule has 0 aliphatic carbocycles. The summed E-state index contributed by atoms with van der Waals surface area (Å²) < 4.78 is 0. The molecule has 0 saturated heterocycles. The van der Waals surface area contributed by atoms with Crippen molar-refractivity contribution in [2.45, 2.75) is 27.2 Å². The minimum absolute atomic E-state index is 0.566. The second-order valence-electron chi connectivity index (χ2n) is 4.13. The van der Waals surface area contributed by atoms with Crippen LogP contribution < -0.4 is 0 Å². The Bertz CT molecular complexity index is 365. The molecule has 0 bridgehead atoms. The minimum Gasteiger partial charge on any atom is -0.185 e. The third kappa shape index (κ3) is 3.97. The molecule has 15 heavy (non-hydrogen) atoms. The summed E-state index contributed by atoms with van der Waals surface area (Å²) in [5.74, 6) is 1.49. The molecule has 0 amide bonds. The molecule has 80 valence electrons. The van der Waals surface area contributed by atoms with Crippen molar-refractivity contribution in [2.75, 3.05) is 5.75 Å². The summed E-state index contributed by atoms with van der Waals surface area (Å²) in [5.41, 5.74) is 4.08. The summed E-state index contributed by atoms with van der Waals surface area (Å²) in [4.78, 5) is 0. The summed E-state index contributed by atoms with van der Waals surface area (Å²) in [7, 11) is 0. The molecule has 0 heterocycles. The Labute approximate surface area is 96.5 Å². The molecule has 2 heteroatoms. The second kappa shape index (κ2) is 5.82. The maximum atomic E-state index is 8.47. The van der Waals surface area contributed by atoms with Crippen LogP contribution in [0.3, 0.4) is 0 Å². The van der Waals surface area contributed by atoms with Gasteiger partial charge < -0.3 is 0 Å². The maximum absolute atomic E-state index is 8.47. The topological polar surface area (TPSA) is 23.8 Å². The number of hydrogen-bond donors (Lipinski definition) is 0. The van der Waals surface area contributed by atoms with Crippen molar-refractivity contribution in [3.05, 3.63) is 34.9 Å². The highest BCUT2D eigenvalue weighted by Gasteiger charge is 2.04. The van der Waals surface area contributed by atoms with E-state index in [0.29, 0.717) is 5.92 Å². The van der Waals surface area contributed by atoms with Crippen LogP contribution in [0, 0.1) is 30.4 Å². The summed E-state index contributed by atoms with van der Waals surface area (Å²) in [5, 5.41) is 10.6. The molecule has 0 aliphatic rings. The van der Waals surface area contributed by atoms with Crippen LogP contribution in [0.1, 0.15) is 23.6 Å². The number of nitrogens with zero attached hydrogens (tertiary/aromatic N) is 1. The van der Waals surface area contributed by atoms with E-state index in [1.165, 1.54) is 28.5 Å². The average molecular weight is 219 g/mol. The number of hydrogen-bond acceptors (Lipinski definition) is 2. The lowest BCUT2D eigenvalue weighted by molar-refractivity contribution is 0.659. The van der Waals surface area contributed by atoms with Crippen LogP contribution in [0.4, 0.5) is 0 Å². The summed E-state index contributed by atoms with van der Waals surface area (Å²) in [6, 6.07) is 6.62. The van der Waals surface area contributed by atoms with Crippen LogP contribution in [-0.2, 0) is 6.42 Å². The molecular formula is C13H17NS. The van der Waals surface area contributed by atoms with Crippen LogP contribution in [-0.4, -0.2) is 5.75 Å². The monoisotopic (exact) mass is 219 g/mol. The Kier molecular flexibility index (Phi) is 4.71. The third-order valence-electron chi connectivity index (χ3n) is 2.59. The molecule has 0 aromatic heterocycles. The van der Waals surface area contributed by atoms with Crippen LogP contribution in [0.5, 0.6) is 0 Å². The van der Waals surface area contributed by atoms with Crippen molar-refractivity contribution in [3.8, 4) is 5.40 Å². The van der Waals surface area contributed by atoms with Gasteiger partial charge in [0.1, 0.15) is 5.40 Å². The molecular weight excluding hydrogens is 202 g/mol. The van der Waals surface area contributed by atoms with Crippen molar-refractivity contribution in [1.29, 1.82) is 5.26 Å². The SMILES string of the molecule is Cc1ccc(CC(C)CSC#N)cc1C. The predicted molar refractivity (Wildman–Crippen MR) is 66.9 cm³/mol. The summed E-state index contributed by atoms with van der Waals surface area (Å²) in [6.45, 7) is 6.47. The van der Waals surface area contributed by atoms with E-state index in [4.69, 9.17) is 5.26 Å². The van der Waals surface area contributed by atoms with E-state index in [2.05, 4.69) is 44.4 Å². The fraction of sp³-hybridized carbons (Fsp3) is 0.462. The number of thioether (sulfide) groups is 1. The Morgan fingerprint density at radius 3 is 2.67 bits per heavy atom. The van der Waals surface area contributed by atoms with Crippen molar-refractivity contribution in [1.82, 2.24) is 0 Å². The smallest absolute Gasteiger partial charge is 0.133 e. The zero-order valence-electron chi connectivity index (χ0n) is 9.58. The number of aryl methyl sites for hydroxylation is 2. The average Bonchev–Trinajstić information content (AvgIpc) is 2.20. The van der Waals surface area contributed by atoms with Gasteiger partial charge in [0.15, 0.2) is 0 Å². The van der Waals surface area contributed by atoms with Crippen molar-refractivity contribution in [3.63, 3.8) is 0 Å². The van der Waals surface area contributed by atoms with Gasteiger partial charge in [-0.15, -0.1) is 0 Å². The van der Waals surface area contributed by atoms with Gasteiger partial charge in [-0.05, 0) is 54.6 Å². The van der Waals surface area contributed by atoms with Crippen LogP contribution in [0.25, 0.3) is 0 Å². The first-order chi connectivity index (χ1) is 7.13. The third-order valence-corrected chi connectivity index (χ3v) is 3.45. The lowest BCUT2D eigenvalue weighted by Crippen LogP contribution is -2.02. The standard InChI is InChI=1S/C13H17NS/c1-10(8-15-9-14)6-13-5-4-11(2)12(3)7-13/h4-5,7,10H,6,8H2,1-3H3. The Hall–Kier alpha value is -0.940. The van der Waals surface area contributed by atoms with Crippen molar-refractivity contribution >= 4 is 11.8 Å². The predicted octanol–water partition coefficient (Wildman–Crippen LogP) is 3.70. The van der Waals surface area contributed by atoms with Crippen LogP contribution in [0.15, 0.2) is 18.2 Å². The van der Waals surface area contributed by atoms with Gasteiger partial charge in [0.05, 0.1) is 0 Å². The Balaban J connectivity index is 2.57. The van der Waals surface area contributed by atoms with E-state index in [9.17, 15) is 0 Å². The molecule has 0 saturated carbocycles. The fourth-order valence-corrected chi connectivity index (χ4v) is 2.05. The number of nitriles is 1. The largest absolute Gasteiger partial charge is 0.185 e. The molecule has 1 atom stereocenters. The van der Waals surface area contributed by atoms with E-state index in [1.807, 2.05) is 0 Å². The molecule has 1 aromatic rings. The van der Waals surface area contributed by atoms with E-state index >= 15 is 0 Å². The first-order valence-corrected chi connectivity index (χ1v) is 6.19. The number of rotatable bonds is 4. The van der Waals surface area contributed by atoms with Gasteiger partial charge in [-0.3, -0.25) is 0 Å². The van der Waals surface area contributed by atoms with Crippen LogP contribution in [0.2, 0.25) is 0 Å². The Morgan fingerprint density at radius 1 is 1.33 bits per heavy atom. The molecule has 0 aliphatic heterocycles. The first-order valence-electron chi connectivity index (χ1n) is 5.20. The quantitative estimate of drug-likeness (QED) is 0.721. The van der Waals surface area contributed by atoms with Crippen LogP contribution >= 0.6 is 11.8 Å². The number of thiocyanates is 1. The molecule has 1 aromatic carbocycles. The maximum Gasteiger partial charge on any atom is 0.133 e. The van der Waals surface area contributed by atoms with Gasteiger partial charge in [-0.1, -0.05) is 25.1 Å². The van der Waals surface area contributed by atoms with Gasteiger partial charge in [-0.2, -0.15) is 5.26 Å². The lowest BCUT2D eigenvalue weighted by atomic mass is 9.99. The highest BCUT2D eigenvalue weighted by atomic mass is 32.2. The van der Waals surface area contributed by atoms with Crippen molar-refractivity contribution < 1.29 is 0 Å². The van der Waals surface area contributed by atoms with E-state index in [-0.39, 0.29) is 0 Å². The van der Waals surface area contributed by atoms with Gasteiger partial charge in [-0.25, -0.2) is 0 Å². The number of benzene rings is 1. The molecule has 1 nitrogen and oxygen atoms in total.